The number of ether oxygens (including phenoxy) is 1. The van der Waals surface area contributed by atoms with E-state index < -0.39 is 9.84 Å². The van der Waals surface area contributed by atoms with E-state index >= 15 is 0 Å². The summed E-state index contributed by atoms with van der Waals surface area (Å²) in [5.74, 6) is 1.30. The highest BCUT2D eigenvalue weighted by Crippen LogP contribution is 2.39. The number of sulfone groups is 1. The van der Waals surface area contributed by atoms with Crippen LogP contribution in [0.25, 0.3) is 0 Å². The highest BCUT2D eigenvalue weighted by Gasteiger charge is 2.37. The zero-order valence-electron chi connectivity index (χ0n) is 10.7. The molecule has 2 unspecified atom stereocenters. The summed E-state index contributed by atoms with van der Waals surface area (Å²) < 4.78 is 28.8. The number of benzene rings is 1. The Labute approximate surface area is 112 Å². The molecule has 0 bridgehead atoms. The summed E-state index contributed by atoms with van der Waals surface area (Å²) in [6.07, 6.45) is 0. The second-order valence-corrected chi connectivity index (χ2v) is 7.48. The highest BCUT2D eigenvalue weighted by atomic mass is 32.2. The first-order valence-corrected chi connectivity index (χ1v) is 8.20. The van der Waals surface area contributed by atoms with E-state index in [2.05, 4.69) is 4.90 Å². The fourth-order valence-electron chi connectivity index (χ4n) is 2.93. The Bertz CT molecular complexity index is 599. The second kappa shape index (κ2) is 4.38. The van der Waals surface area contributed by atoms with Crippen LogP contribution in [0.1, 0.15) is 18.5 Å². The van der Waals surface area contributed by atoms with E-state index in [1.165, 1.54) is 0 Å². The lowest BCUT2D eigenvalue weighted by Gasteiger charge is -2.37. The van der Waals surface area contributed by atoms with Crippen molar-refractivity contribution in [2.24, 2.45) is 0 Å². The molecule has 2 aliphatic heterocycles. The predicted molar refractivity (Wildman–Crippen MR) is 71.2 cm³/mol. The highest BCUT2D eigenvalue weighted by molar-refractivity contribution is 7.91. The minimum Gasteiger partial charge on any atom is -0.508 e. The predicted octanol–water partition coefficient (Wildman–Crippen LogP) is 0.945. The number of phenolic OH excluding ortho intramolecular Hbond substituents is 1. The number of phenols is 1. The molecule has 2 aliphatic rings. The first-order valence-electron chi connectivity index (χ1n) is 6.38. The van der Waals surface area contributed by atoms with Crippen molar-refractivity contribution in [3.8, 4) is 11.5 Å². The van der Waals surface area contributed by atoms with Crippen LogP contribution in [0.4, 0.5) is 0 Å². The van der Waals surface area contributed by atoms with Crippen LogP contribution in [0.5, 0.6) is 11.5 Å². The maximum Gasteiger partial charge on any atom is 0.153 e. The number of aromatic hydroxyl groups is 1. The Morgan fingerprint density at radius 2 is 2.21 bits per heavy atom. The molecule has 1 aromatic carbocycles. The molecule has 2 atom stereocenters. The third-order valence-corrected chi connectivity index (χ3v) is 5.67. The van der Waals surface area contributed by atoms with E-state index in [1.807, 2.05) is 13.0 Å². The van der Waals surface area contributed by atoms with Crippen molar-refractivity contribution in [3.63, 3.8) is 0 Å². The molecule has 5 nitrogen and oxygen atoms in total. The van der Waals surface area contributed by atoms with Crippen molar-refractivity contribution in [2.45, 2.75) is 19.0 Å². The van der Waals surface area contributed by atoms with E-state index in [9.17, 15) is 13.5 Å². The van der Waals surface area contributed by atoms with Gasteiger partial charge in [-0.25, -0.2) is 8.42 Å². The summed E-state index contributed by atoms with van der Waals surface area (Å²) in [5.41, 5.74) is 1.03. The SMILES string of the molecule is CC1CS(=O)(=O)CCN1C1COc2cc(O)ccc21. The molecule has 6 heteroatoms. The van der Waals surface area contributed by atoms with Gasteiger partial charge in [-0.2, -0.15) is 0 Å². The molecule has 0 aromatic heterocycles. The van der Waals surface area contributed by atoms with Gasteiger partial charge in [0, 0.05) is 24.2 Å². The van der Waals surface area contributed by atoms with Gasteiger partial charge in [0.1, 0.15) is 18.1 Å². The number of hydrogen-bond donors (Lipinski definition) is 1. The van der Waals surface area contributed by atoms with E-state index in [1.54, 1.807) is 12.1 Å². The van der Waals surface area contributed by atoms with E-state index in [-0.39, 0.29) is 29.3 Å². The summed E-state index contributed by atoms with van der Waals surface area (Å²) in [4.78, 5) is 2.18. The fraction of sp³-hybridized carbons (Fsp3) is 0.538. The quantitative estimate of drug-likeness (QED) is 0.831. The summed E-state index contributed by atoms with van der Waals surface area (Å²) in [6, 6.07) is 5.19. The van der Waals surface area contributed by atoms with Gasteiger partial charge >= 0.3 is 0 Å². The van der Waals surface area contributed by atoms with Crippen molar-refractivity contribution in [1.82, 2.24) is 4.90 Å². The Morgan fingerprint density at radius 3 is 2.95 bits per heavy atom. The summed E-state index contributed by atoms with van der Waals surface area (Å²) >= 11 is 0. The van der Waals surface area contributed by atoms with Crippen LogP contribution >= 0.6 is 0 Å². The molecular formula is C13H17NO4S. The van der Waals surface area contributed by atoms with Crippen molar-refractivity contribution < 1.29 is 18.3 Å². The molecule has 1 fully saturated rings. The lowest BCUT2D eigenvalue weighted by Crippen LogP contribution is -2.48. The van der Waals surface area contributed by atoms with Gasteiger partial charge in [-0.3, -0.25) is 4.90 Å². The van der Waals surface area contributed by atoms with Crippen molar-refractivity contribution in [2.75, 3.05) is 24.7 Å². The summed E-state index contributed by atoms with van der Waals surface area (Å²) in [5, 5.41) is 9.44. The van der Waals surface area contributed by atoms with Crippen LogP contribution in [0, 0.1) is 0 Å². The molecule has 3 rings (SSSR count). The monoisotopic (exact) mass is 283 g/mol. The normalized spacial score (nSPS) is 29.7. The van der Waals surface area contributed by atoms with Gasteiger partial charge < -0.3 is 9.84 Å². The van der Waals surface area contributed by atoms with Crippen LogP contribution < -0.4 is 4.74 Å². The maximum absolute atomic E-state index is 11.6. The topological polar surface area (TPSA) is 66.8 Å². The Morgan fingerprint density at radius 1 is 1.42 bits per heavy atom. The van der Waals surface area contributed by atoms with Gasteiger partial charge in [0.2, 0.25) is 0 Å². The van der Waals surface area contributed by atoms with Gasteiger partial charge in [0.15, 0.2) is 9.84 Å². The van der Waals surface area contributed by atoms with Gasteiger partial charge in [0.25, 0.3) is 0 Å². The van der Waals surface area contributed by atoms with Crippen LogP contribution in [-0.4, -0.2) is 49.1 Å². The molecule has 2 heterocycles. The number of nitrogens with zero attached hydrogens (tertiary/aromatic N) is 1. The first kappa shape index (κ1) is 12.7. The molecule has 19 heavy (non-hydrogen) atoms. The van der Waals surface area contributed by atoms with Crippen LogP contribution in [-0.2, 0) is 9.84 Å². The van der Waals surface area contributed by atoms with Gasteiger partial charge in [-0.1, -0.05) is 0 Å². The van der Waals surface area contributed by atoms with Crippen molar-refractivity contribution in [3.05, 3.63) is 23.8 Å². The number of rotatable bonds is 1. The lowest BCUT2D eigenvalue weighted by atomic mass is 10.1. The molecular weight excluding hydrogens is 266 g/mol. The first-order chi connectivity index (χ1) is 8.96. The Hall–Kier alpha value is -1.27. The summed E-state index contributed by atoms with van der Waals surface area (Å²) in [7, 11) is -2.90. The largest absolute Gasteiger partial charge is 0.508 e. The zero-order chi connectivity index (χ0) is 13.6. The Kier molecular flexibility index (Phi) is 2.94. The van der Waals surface area contributed by atoms with Crippen molar-refractivity contribution in [1.29, 1.82) is 0 Å². The van der Waals surface area contributed by atoms with Gasteiger partial charge in [-0.15, -0.1) is 0 Å². The molecule has 1 aromatic rings. The van der Waals surface area contributed by atoms with Gasteiger partial charge in [0.05, 0.1) is 17.5 Å². The molecule has 1 N–H and O–H groups in total. The average Bonchev–Trinajstić information content (AvgIpc) is 2.71. The smallest absolute Gasteiger partial charge is 0.153 e. The third-order valence-electron chi connectivity index (χ3n) is 3.87. The average molecular weight is 283 g/mol. The Balaban J connectivity index is 1.86. The maximum atomic E-state index is 11.6. The standard InChI is InChI=1S/C13H17NO4S/c1-9-8-19(16,17)5-4-14(9)12-7-18-13-6-10(15)2-3-11(12)13/h2-3,6,9,12,15H,4-5,7-8H2,1H3. The zero-order valence-corrected chi connectivity index (χ0v) is 11.6. The minimum absolute atomic E-state index is 0.00731. The molecule has 0 radical (unpaired) electrons. The minimum atomic E-state index is -2.90. The molecule has 1 saturated heterocycles. The number of hydrogen-bond acceptors (Lipinski definition) is 5. The van der Waals surface area contributed by atoms with Gasteiger partial charge in [-0.05, 0) is 19.1 Å². The van der Waals surface area contributed by atoms with E-state index in [0.29, 0.717) is 18.9 Å². The molecule has 0 aliphatic carbocycles. The van der Waals surface area contributed by atoms with Crippen LogP contribution in [0.3, 0.4) is 0 Å². The van der Waals surface area contributed by atoms with Crippen LogP contribution in [0.2, 0.25) is 0 Å². The van der Waals surface area contributed by atoms with E-state index in [4.69, 9.17) is 4.74 Å². The second-order valence-electron chi connectivity index (χ2n) is 5.25. The van der Waals surface area contributed by atoms with Crippen LogP contribution in [0.15, 0.2) is 18.2 Å². The van der Waals surface area contributed by atoms with E-state index in [0.717, 1.165) is 5.56 Å². The van der Waals surface area contributed by atoms with Crippen molar-refractivity contribution >= 4 is 9.84 Å². The molecule has 0 spiro atoms. The lowest BCUT2D eigenvalue weighted by molar-refractivity contribution is 0.132. The summed E-state index contributed by atoms with van der Waals surface area (Å²) in [6.45, 7) is 3.00. The molecule has 0 amide bonds. The fourth-order valence-corrected chi connectivity index (χ4v) is 4.51. The number of fused-ring (bicyclic) bond motifs is 1. The molecule has 104 valence electrons. The molecule has 0 saturated carbocycles. The third kappa shape index (κ3) is 2.30.